The fourth-order valence-electron chi connectivity index (χ4n) is 5.62. The van der Waals surface area contributed by atoms with Crippen molar-refractivity contribution in [1.29, 1.82) is 0 Å². The molecule has 1 saturated heterocycles. The number of hydrogen-bond donors (Lipinski definition) is 1. The van der Waals surface area contributed by atoms with Gasteiger partial charge in [0.05, 0.1) is 23.0 Å². The number of benzene rings is 4. The third-order valence-electron chi connectivity index (χ3n) is 8.29. The van der Waals surface area contributed by atoms with E-state index in [1.165, 1.54) is 47.3 Å². The number of anilines is 1. The van der Waals surface area contributed by atoms with Crippen molar-refractivity contribution in [3.8, 4) is 0 Å². The molecule has 16 heteroatoms. The molecule has 1 fully saturated rings. The van der Waals surface area contributed by atoms with Crippen LogP contribution in [0.3, 0.4) is 0 Å². The highest BCUT2D eigenvalue weighted by Gasteiger charge is 2.52. The molecule has 13 nitrogen and oxygen atoms in total. The van der Waals surface area contributed by atoms with Gasteiger partial charge in [-0.3, -0.25) is 9.36 Å². The molecule has 0 spiro atoms. The summed E-state index contributed by atoms with van der Waals surface area (Å²) < 4.78 is 65.9. The Balaban J connectivity index is 1.25. The Morgan fingerprint density at radius 3 is 1.76 bits per heavy atom. The SMILES string of the molecule is O=C(Nc1ncnc2c1ncn2[C@@H]1O[C@H](COC(=O)c2ccc(F)cc2)[C@H](OC(=O)c2ccc(F)cc2)[C@@H]1OC(=O)c1ccc(F)cc1)c1ccccc1. The Kier molecular flexibility index (Phi) is 10.1. The molecule has 0 bridgehead atoms. The summed E-state index contributed by atoms with van der Waals surface area (Å²) in [5.41, 5.74) is 0.430. The molecular formula is C38H26F3N5O8. The molecule has 54 heavy (non-hydrogen) atoms. The molecule has 2 aromatic heterocycles. The van der Waals surface area contributed by atoms with Crippen LogP contribution in [0.1, 0.15) is 47.7 Å². The van der Waals surface area contributed by atoms with Crippen molar-refractivity contribution < 1.29 is 51.3 Å². The second-order valence-electron chi connectivity index (χ2n) is 11.8. The van der Waals surface area contributed by atoms with Crippen molar-refractivity contribution >= 4 is 40.8 Å². The first-order chi connectivity index (χ1) is 26.1. The van der Waals surface area contributed by atoms with Crippen LogP contribution < -0.4 is 5.32 Å². The van der Waals surface area contributed by atoms with Gasteiger partial charge in [-0.05, 0) is 84.9 Å². The van der Waals surface area contributed by atoms with Gasteiger partial charge in [-0.1, -0.05) is 18.2 Å². The van der Waals surface area contributed by atoms with Crippen LogP contribution >= 0.6 is 0 Å². The summed E-state index contributed by atoms with van der Waals surface area (Å²) in [6.07, 6.45) is -3.31. The van der Waals surface area contributed by atoms with Gasteiger partial charge in [0.2, 0.25) is 0 Å². The molecule has 0 radical (unpaired) electrons. The normalized spacial score (nSPS) is 17.8. The first-order valence-electron chi connectivity index (χ1n) is 16.2. The molecule has 7 rings (SSSR count). The average molecular weight is 738 g/mol. The largest absolute Gasteiger partial charge is 0.459 e. The number of halogens is 3. The van der Waals surface area contributed by atoms with Crippen LogP contribution in [0.25, 0.3) is 11.2 Å². The van der Waals surface area contributed by atoms with E-state index in [9.17, 15) is 32.3 Å². The summed E-state index contributed by atoms with van der Waals surface area (Å²) in [4.78, 5) is 65.8. The molecule has 1 aliphatic heterocycles. The van der Waals surface area contributed by atoms with Crippen molar-refractivity contribution in [2.24, 2.45) is 0 Å². The number of nitrogens with zero attached hydrogens (tertiary/aromatic N) is 4. The Hall–Kier alpha value is -6.94. The van der Waals surface area contributed by atoms with Crippen molar-refractivity contribution in [2.75, 3.05) is 11.9 Å². The predicted octanol–water partition coefficient (Wildman–Crippen LogP) is 5.70. The van der Waals surface area contributed by atoms with E-state index < -0.39 is 72.4 Å². The van der Waals surface area contributed by atoms with Crippen molar-refractivity contribution in [3.05, 3.63) is 155 Å². The van der Waals surface area contributed by atoms with Crippen molar-refractivity contribution in [3.63, 3.8) is 0 Å². The zero-order valence-electron chi connectivity index (χ0n) is 27.7. The van der Waals surface area contributed by atoms with E-state index >= 15 is 0 Å². The summed E-state index contributed by atoms with van der Waals surface area (Å²) in [5, 5.41) is 2.69. The number of esters is 3. The Bertz CT molecular complexity index is 2320. The smallest absolute Gasteiger partial charge is 0.338 e. The number of carbonyl (C=O) groups is 4. The van der Waals surface area contributed by atoms with E-state index in [2.05, 4.69) is 20.3 Å². The number of rotatable bonds is 10. The third-order valence-corrected chi connectivity index (χ3v) is 8.29. The maximum absolute atomic E-state index is 13.7. The van der Waals surface area contributed by atoms with Gasteiger partial charge >= 0.3 is 17.9 Å². The minimum atomic E-state index is -1.52. The monoisotopic (exact) mass is 737 g/mol. The summed E-state index contributed by atoms with van der Waals surface area (Å²) in [5.74, 6) is -5.04. The number of carbonyl (C=O) groups excluding carboxylic acids is 4. The van der Waals surface area contributed by atoms with E-state index in [-0.39, 0.29) is 33.7 Å². The lowest BCUT2D eigenvalue weighted by atomic mass is 10.1. The first kappa shape index (κ1) is 35.5. The number of hydrogen-bond acceptors (Lipinski definition) is 11. The fraction of sp³-hybridized carbons (Fsp3) is 0.132. The molecule has 1 amide bonds. The number of aromatic nitrogens is 4. The zero-order chi connectivity index (χ0) is 37.8. The van der Waals surface area contributed by atoms with Gasteiger partial charge in [-0.15, -0.1) is 0 Å². The topological polar surface area (TPSA) is 161 Å². The maximum Gasteiger partial charge on any atom is 0.338 e. The number of fused-ring (bicyclic) bond motifs is 1. The summed E-state index contributed by atoms with van der Waals surface area (Å²) in [6, 6.07) is 21.8. The predicted molar refractivity (Wildman–Crippen MR) is 182 cm³/mol. The minimum Gasteiger partial charge on any atom is -0.459 e. The van der Waals surface area contributed by atoms with Gasteiger partial charge in [-0.25, -0.2) is 42.5 Å². The first-order valence-corrected chi connectivity index (χ1v) is 16.2. The molecule has 6 aromatic rings. The van der Waals surface area contributed by atoms with Crippen LogP contribution in [0.5, 0.6) is 0 Å². The third kappa shape index (κ3) is 7.63. The Labute approximate surface area is 303 Å². The van der Waals surface area contributed by atoms with Gasteiger partial charge in [0, 0.05) is 5.56 Å². The number of amides is 1. The van der Waals surface area contributed by atoms with E-state index in [1.807, 2.05) is 0 Å². The molecule has 4 atom stereocenters. The van der Waals surface area contributed by atoms with Crippen LogP contribution in [-0.2, 0) is 18.9 Å². The van der Waals surface area contributed by atoms with Crippen LogP contribution in [0.2, 0.25) is 0 Å². The van der Waals surface area contributed by atoms with Gasteiger partial charge in [0.25, 0.3) is 5.91 Å². The molecule has 3 heterocycles. The van der Waals surface area contributed by atoms with Crippen molar-refractivity contribution in [1.82, 2.24) is 19.5 Å². The van der Waals surface area contributed by atoms with Crippen LogP contribution in [0.4, 0.5) is 19.0 Å². The molecule has 1 N–H and O–H groups in total. The molecule has 0 aliphatic carbocycles. The highest BCUT2D eigenvalue weighted by molar-refractivity contribution is 6.06. The second kappa shape index (κ2) is 15.3. The maximum atomic E-state index is 13.7. The minimum absolute atomic E-state index is 0.00692. The van der Waals surface area contributed by atoms with Gasteiger partial charge in [-0.2, -0.15) is 0 Å². The summed E-state index contributed by atoms with van der Waals surface area (Å²) in [7, 11) is 0. The second-order valence-corrected chi connectivity index (χ2v) is 11.8. The van der Waals surface area contributed by atoms with E-state index in [0.29, 0.717) is 5.56 Å². The molecule has 272 valence electrons. The number of ether oxygens (including phenoxy) is 4. The lowest BCUT2D eigenvalue weighted by Gasteiger charge is -2.25. The molecule has 0 saturated carbocycles. The van der Waals surface area contributed by atoms with Gasteiger partial charge in [0.15, 0.2) is 35.4 Å². The van der Waals surface area contributed by atoms with Gasteiger partial charge in [0.1, 0.15) is 36.5 Å². The number of nitrogens with one attached hydrogen (secondary N) is 1. The van der Waals surface area contributed by atoms with E-state index in [0.717, 1.165) is 42.7 Å². The van der Waals surface area contributed by atoms with E-state index in [1.54, 1.807) is 30.3 Å². The lowest BCUT2D eigenvalue weighted by Crippen LogP contribution is -2.41. The van der Waals surface area contributed by atoms with Crippen LogP contribution in [-0.4, -0.2) is 68.3 Å². The fourth-order valence-corrected chi connectivity index (χ4v) is 5.62. The highest BCUT2D eigenvalue weighted by atomic mass is 19.1. The Morgan fingerprint density at radius 2 is 1.19 bits per heavy atom. The summed E-state index contributed by atoms with van der Waals surface area (Å²) >= 11 is 0. The lowest BCUT2D eigenvalue weighted by molar-refractivity contribution is -0.0606. The molecule has 4 aromatic carbocycles. The highest BCUT2D eigenvalue weighted by Crippen LogP contribution is 2.37. The van der Waals surface area contributed by atoms with Crippen LogP contribution in [0.15, 0.2) is 116 Å². The average Bonchev–Trinajstić information content (AvgIpc) is 3.76. The summed E-state index contributed by atoms with van der Waals surface area (Å²) in [6.45, 7) is -0.571. The zero-order valence-corrected chi connectivity index (χ0v) is 27.7. The quantitative estimate of drug-likeness (QED) is 0.136. The van der Waals surface area contributed by atoms with E-state index in [4.69, 9.17) is 18.9 Å². The standard InChI is InChI=1S/C38H26F3N5O8/c39-25-12-6-22(7-13-25)36(48)51-18-28-30(53-37(49)23-8-14-26(40)15-9-23)31(54-38(50)24-10-16-27(41)17-11-24)35(52-28)46-20-44-29-32(42-19-43-33(29)46)45-34(47)21-4-2-1-3-5-21/h1-17,19-20,28,30-31,35H,18H2,(H,42,43,45,47)/t28-,30+,31+,35-/m1/s1. The Morgan fingerprint density at radius 1 is 0.648 bits per heavy atom. The molecule has 0 unspecified atom stereocenters. The van der Waals surface area contributed by atoms with Crippen LogP contribution in [0, 0.1) is 17.5 Å². The molecular weight excluding hydrogens is 711 g/mol. The van der Waals surface area contributed by atoms with Crippen molar-refractivity contribution in [2.45, 2.75) is 24.5 Å². The number of imidazole rings is 1. The van der Waals surface area contributed by atoms with Gasteiger partial charge < -0.3 is 24.3 Å². The molecule has 1 aliphatic rings.